The number of para-hydroxylation sites is 1. The molecule has 166 valence electrons. The molecule has 1 N–H and O–H groups in total. The number of alkyl halides is 3. The van der Waals surface area contributed by atoms with Crippen molar-refractivity contribution >= 4 is 28.4 Å². The van der Waals surface area contributed by atoms with Crippen molar-refractivity contribution in [2.45, 2.75) is 26.1 Å². The van der Waals surface area contributed by atoms with E-state index in [1.807, 2.05) is 0 Å². The maximum absolute atomic E-state index is 13.9. The molecule has 0 unspecified atom stereocenters. The lowest BCUT2D eigenvalue weighted by molar-refractivity contribution is -0.140. The fraction of sp³-hybridized carbons (Fsp3) is 0.190. The maximum atomic E-state index is 13.9. The Bertz CT molecular complexity index is 1310. The van der Waals surface area contributed by atoms with Gasteiger partial charge >= 0.3 is 12.1 Å². The SMILES string of the molecule is Cc1nc(-c2ccc(C(F)(F)F)c(F)c2)sc1COc1cccc2oc(CC(=O)O)nc12. The van der Waals surface area contributed by atoms with Crippen LogP contribution in [0.15, 0.2) is 40.8 Å². The van der Waals surface area contributed by atoms with Crippen molar-refractivity contribution < 1.29 is 36.6 Å². The van der Waals surface area contributed by atoms with E-state index in [1.54, 1.807) is 25.1 Å². The van der Waals surface area contributed by atoms with Gasteiger partial charge in [-0.05, 0) is 31.2 Å². The topological polar surface area (TPSA) is 85.5 Å². The summed E-state index contributed by atoms with van der Waals surface area (Å²) < 4.78 is 63.5. The summed E-state index contributed by atoms with van der Waals surface area (Å²) in [5, 5.41) is 9.25. The molecular formula is C21H14F4N2O4S. The van der Waals surface area contributed by atoms with Crippen LogP contribution in [0.5, 0.6) is 5.75 Å². The number of benzene rings is 2. The molecule has 11 heteroatoms. The van der Waals surface area contributed by atoms with E-state index in [2.05, 4.69) is 9.97 Å². The van der Waals surface area contributed by atoms with Gasteiger partial charge in [-0.15, -0.1) is 11.3 Å². The molecule has 32 heavy (non-hydrogen) atoms. The Morgan fingerprint density at radius 3 is 2.69 bits per heavy atom. The molecule has 0 atom stereocenters. The molecule has 0 fully saturated rings. The molecule has 0 amide bonds. The van der Waals surface area contributed by atoms with Crippen molar-refractivity contribution in [2.24, 2.45) is 0 Å². The molecule has 0 spiro atoms. The maximum Gasteiger partial charge on any atom is 0.419 e. The summed E-state index contributed by atoms with van der Waals surface area (Å²) in [7, 11) is 0. The zero-order chi connectivity index (χ0) is 23.0. The highest BCUT2D eigenvalue weighted by molar-refractivity contribution is 7.15. The third-order valence-electron chi connectivity index (χ3n) is 4.50. The molecule has 0 saturated heterocycles. The average Bonchev–Trinajstić information content (AvgIpc) is 3.27. The van der Waals surface area contributed by atoms with Gasteiger partial charge in [-0.3, -0.25) is 4.79 Å². The zero-order valence-corrected chi connectivity index (χ0v) is 17.2. The first-order valence-corrected chi connectivity index (χ1v) is 10.00. The lowest BCUT2D eigenvalue weighted by Crippen LogP contribution is -2.07. The zero-order valence-electron chi connectivity index (χ0n) is 16.4. The van der Waals surface area contributed by atoms with Crippen LogP contribution in [0.2, 0.25) is 0 Å². The number of hydrogen-bond donors (Lipinski definition) is 1. The van der Waals surface area contributed by atoms with E-state index in [4.69, 9.17) is 14.3 Å². The first-order chi connectivity index (χ1) is 15.1. The molecule has 0 saturated carbocycles. The number of aliphatic carboxylic acids is 1. The number of aromatic nitrogens is 2. The fourth-order valence-corrected chi connectivity index (χ4v) is 3.97. The van der Waals surface area contributed by atoms with Crippen molar-refractivity contribution in [3.8, 4) is 16.3 Å². The third-order valence-corrected chi connectivity index (χ3v) is 5.68. The lowest BCUT2D eigenvalue weighted by atomic mass is 10.1. The average molecular weight is 466 g/mol. The van der Waals surface area contributed by atoms with Crippen LogP contribution in [-0.4, -0.2) is 21.0 Å². The molecule has 0 aliphatic carbocycles. The van der Waals surface area contributed by atoms with Gasteiger partial charge in [-0.2, -0.15) is 13.2 Å². The van der Waals surface area contributed by atoms with Gasteiger partial charge < -0.3 is 14.3 Å². The summed E-state index contributed by atoms with van der Waals surface area (Å²) in [6.07, 6.45) is -5.14. The van der Waals surface area contributed by atoms with Crippen LogP contribution in [0.4, 0.5) is 17.6 Å². The van der Waals surface area contributed by atoms with E-state index in [0.717, 1.165) is 6.07 Å². The Balaban J connectivity index is 1.55. The van der Waals surface area contributed by atoms with Gasteiger partial charge in [0.1, 0.15) is 29.6 Å². The van der Waals surface area contributed by atoms with Gasteiger partial charge in [-0.1, -0.05) is 12.1 Å². The molecule has 0 radical (unpaired) electrons. The van der Waals surface area contributed by atoms with Gasteiger partial charge in [0.15, 0.2) is 11.1 Å². The number of nitrogens with zero attached hydrogens (tertiary/aromatic N) is 2. The van der Waals surface area contributed by atoms with Crippen molar-refractivity contribution in [1.29, 1.82) is 0 Å². The fourth-order valence-electron chi connectivity index (χ4n) is 3.00. The molecule has 2 aromatic carbocycles. The number of oxazole rings is 1. The number of ether oxygens (including phenoxy) is 1. The number of hydrogen-bond acceptors (Lipinski definition) is 6. The Labute approximate surface area is 182 Å². The highest BCUT2D eigenvalue weighted by Crippen LogP contribution is 2.35. The summed E-state index contributed by atoms with van der Waals surface area (Å²) in [6.45, 7) is 1.79. The number of aryl methyl sites for hydroxylation is 1. The van der Waals surface area contributed by atoms with Gasteiger partial charge in [0, 0.05) is 5.56 Å². The van der Waals surface area contributed by atoms with Crippen LogP contribution in [0.3, 0.4) is 0 Å². The van der Waals surface area contributed by atoms with Gasteiger partial charge in [0.25, 0.3) is 0 Å². The normalized spacial score (nSPS) is 11.8. The minimum absolute atomic E-state index is 0.0455. The number of carbonyl (C=O) groups is 1. The molecule has 2 heterocycles. The van der Waals surface area contributed by atoms with Crippen LogP contribution in [0.1, 0.15) is 22.0 Å². The molecule has 0 aliphatic heterocycles. The molecular weight excluding hydrogens is 452 g/mol. The number of rotatable bonds is 6. The first kappa shape index (κ1) is 21.8. The molecule has 4 rings (SSSR count). The largest absolute Gasteiger partial charge is 0.486 e. The van der Waals surface area contributed by atoms with Crippen LogP contribution in [0.25, 0.3) is 21.7 Å². The predicted octanol–water partition coefficient (Wildman–Crippen LogP) is 5.62. The summed E-state index contributed by atoms with van der Waals surface area (Å²) in [5.74, 6) is -2.02. The third kappa shape index (κ3) is 4.42. The van der Waals surface area contributed by atoms with Crippen molar-refractivity contribution in [2.75, 3.05) is 0 Å². The van der Waals surface area contributed by atoms with E-state index in [9.17, 15) is 22.4 Å². The minimum atomic E-state index is -4.77. The first-order valence-electron chi connectivity index (χ1n) is 9.18. The number of fused-ring (bicyclic) bond motifs is 1. The number of halogens is 4. The monoisotopic (exact) mass is 466 g/mol. The molecule has 2 aromatic heterocycles. The summed E-state index contributed by atoms with van der Waals surface area (Å²) in [5.41, 5.74) is 0.230. The van der Waals surface area contributed by atoms with E-state index in [1.165, 1.54) is 17.4 Å². The van der Waals surface area contributed by atoms with Gasteiger partial charge in [0.2, 0.25) is 5.89 Å². The summed E-state index contributed by atoms with van der Waals surface area (Å²) >= 11 is 1.17. The van der Waals surface area contributed by atoms with E-state index in [0.29, 0.717) is 38.5 Å². The van der Waals surface area contributed by atoms with E-state index >= 15 is 0 Å². The molecule has 4 aromatic rings. The summed E-state index contributed by atoms with van der Waals surface area (Å²) in [4.78, 5) is 20.0. The van der Waals surface area contributed by atoms with Crippen molar-refractivity contribution in [3.63, 3.8) is 0 Å². The number of thiazole rings is 1. The second kappa shape index (κ2) is 8.23. The second-order valence-corrected chi connectivity index (χ2v) is 7.87. The summed E-state index contributed by atoms with van der Waals surface area (Å²) in [6, 6.07) is 7.63. The van der Waals surface area contributed by atoms with Crippen LogP contribution < -0.4 is 4.74 Å². The molecule has 0 bridgehead atoms. The Morgan fingerprint density at radius 1 is 1.22 bits per heavy atom. The Kier molecular flexibility index (Phi) is 5.59. The quantitative estimate of drug-likeness (QED) is 0.371. The van der Waals surface area contributed by atoms with Crippen molar-refractivity contribution in [1.82, 2.24) is 9.97 Å². The minimum Gasteiger partial charge on any atom is -0.486 e. The molecule has 0 aliphatic rings. The lowest BCUT2D eigenvalue weighted by Gasteiger charge is -2.08. The van der Waals surface area contributed by atoms with E-state index in [-0.39, 0.29) is 24.5 Å². The van der Waals surface area contributed by atoms with Gasteiger partial charge in [0.05, 0.1) is 16.1 Å². The van der Waals surface area contributed by atoms with Gasteiger partial charge in [-0.25, -0.2) is 14.4 Å². The van der Waals surface area contributed by atoms with Crippen LogP contribution in [0, 0.1) is 12.7 Å². The second-order valence-electron chi connectivity index (χ2n) is 6.79. The molecule has 6 nitrogen and oxygen atoms in total. The standard InChI is InChI=1S/C21H14F4N2O4S/c1-10-16(32-20(26-10)11-5-6-12(13(22)7-11)21(23,24)25)9-30-14-3-2-4-15-19(14)27-17(31-15)8-18(28)29/h2-7H,8-9H2,1H3,(H,28,29). The van der Waals surface area contributed by atoms with Crippen LogP contribution >= 0.6 is 11.3 Å². The highest BCUT2D eigenvalue weighted by Gasteiger charge is 2.34. The van der Waals surface area contributed by atoms with E-state index < -0.39 is 23.5 Å². The van der Waals surface area contributed by atoms with Crippen molar-refractivity contribution in [3.05, 3.63) is 64.2 Å². The number of carboxylic acids is 1. The Hall–Kier alpha value is -3.47. The number of carboxylic acid groups (broad SMARTS) is 1. The van der Waals surface area contributed by atoms with Crippen LogP contribution in [-0.2, 0) is 24.0 Å². The predicted molar refractivity (Wildman–Crippen MR) is 107 cm³/mol. The smallest absolute Gasteiger partial charge is 0.419 e. The highest BCUT2D eigenvalue weighted by atomic mass is 32.1. The Morgan fingerprint density at radius 2 is 2.00 bits per heavy atom.